The third kappa shape index (κ3) is 4.20. The van der Waals surface area contributed by atoms with E-state index in [4.69, 9.17) is 0 Å². The molecule has 1 saturated carbocycles. The Bertz CT molecular complexity index is 196. The number of rotatable bonds is 3. The van der Waals surface area contributed by atoms with E-state index in [-0.39, 0.29) is 11.8 Å². The summed E-state index contributed by atoms with van der Waals surface area (Å²) in [6.07, 6.45) is 6.53. The van der Waals surface area contributed by atoms with Crippen LogP contribution in [0.5, 0.6) is 0 Å². The van der Waals surface area contributed by atoms with Gasteiger partial charge < -0.3 is 10.0 Å². The molecular formula is C12H23NO2. The highest BCUT2D eigenvalue weighted by molar-refractivity contribution is 5.78. The first-order valence-corrected chi connectivity index (χ1v) is 6.04. The Morgan fingerprint density at radius 1 is 1.33 bits per heavy atom. The van der Waals surface area contributed by atoms with Gasteiger partial charge in [-0.2, -0.15) is 0 Å². The Hall–Kier alpha value is -0.570. The van der Waals surface area contributed by atoms with Crippen LogP contribution in [-0.2, 0) is 4.79 Å². The molecule has 1 amide bonds. The monoisotopic (exact) mass is 213 g/mol. The number of carbonyl (C=O) groups excluding carboxylic acids is 1. The Morgan fingerprint density at radius 3 is 2.33 bits per heavy atom. The maximum absolute atomic E-state index is 12.0. The lowest BCUT2D eigenvalue weighted by Crippen LogP contribution is -2.37. The number of aliphatic hydroxyl groups is 1. The van der Waals surface area contributed by atoms with Crippen LogP contribution in [-0.4, -0.2) is 35.6 Å². The van der Waals surface area contributed by atoms with E-state index in [9.17, 15) is 9.90 Å². The van der Waals surface area contributed by atoms with E-state index in [2.05, 4.69) is 0 Å². The van der Waals surface area contributed by atoms with Crippen LogP contribution in [0.15, 0.2) is 0 Å². The van der Waals surface area contributed by atoms with E-state index in [0.29, 0.717) is 6.54 Å². The molecule has 1 aliphatic rings. The van der Waals surface area contributed by atoms with E-state index in [1.807, 2.05) is 0 Å². The molecule has 0 heterocycles. The molecule has 0 radical (unpaired) electrons. The standard InChI is InChI=1S/C12H23NO2/c1-10(14)9-13(2)12(15)11-7-5-3-4-6-8-11/h10-11,14H,3-9H2,1-2H3. The largest absolute Gasteiger partial charge is 0.392 e. The van der Waals surface area contributed by atoms with Crippen LogP contribution in [0.3, 0.4) is 0 Å². The zero-order valence-electron chi connectivity index (χ0n) is 9.91. The average molecular weight is 213 g/mol. The van der Waals surface area contributed by atoms with Gasteiger partial charge in [0.15, 0.2) is 0 Å². The lowest BCUT2D eigenvalue weighted by molar-refractivity contribution is -0.135. The molecule has 1 N–H and O–H groups in total. The summed E-state index contributed by atoms with van der Waals surface area (Å²) < 4.78 is 0. The zero-order chi connectivity index (χ0) is 11.3. The van der Waals surface area contributed by atoms with Gasteiger partial charge in [-0.25, -0.2) is 0 Å². The van der Waals surface area contributed by atoms with Gasteiger partial charge >= 0.3 is 0 Å². The third-order valence-electron chi connectivity index (χ3n) is 3.12. The van der Waals surface area contributed by atoms with Crippen molar-refractivity contribution in [1.29, 1.82) is 0 Å². The minimum absolute atomic E-state index is 0.205. The zero-order valence-corrected chi connectivity index (χ0v) is 9.91. The van der Waals surface area contributed by atoms with Crippen molar-refractivity contribution < 1.29 is 9.90 Å². The molecule has 0 aromatic rings. The Balaban J connectivity index is 2.42. The Kier molecular flexibility index (Phi) is 5.09. The highest BCUT2D eigenvalue weighted by Crippen LogP contribution is 2.24. The van der Waals surface area contributed by atoms with E-state index in [1.54, 1.807) is 18.9 Å². The van der Waals surface area contributed by atoms with Gasteiger partial charge in [0.25, 0.3) is 0 Å². The summed E-state index contributed by atoms with van der Waals surface area (Å²) >= 11 is 0. The summed E-state index contributed by atoms with van der Waals surface area (Å²) in [6, 6.07) is 0. The van der Waals surface area contributed by atoms with Gasteiger partial charge in [-0.3, -0.25) is 4.79 Å². The van der Waals surface area contributed by atoms with Crippen molar-refractivity contribution in [3.63, 3.8) is 0 Å². The molecule has 0 spiro atoms. The van der Waals surface area contributed by atoms with Crippen molar-refractivity contribution >= 4 is 5.91 Å². The molecule has 3 heteroatoms. The van der Waals surface area contributed by atoms with Gasteiger partial charge in [0, 0.05) is 19.5 Å². The smallest absolute Gasteiger partial charge is 0.225 e. The van der Waals surface area contributed by atoms with Gasteiger partial charge in [0.1, 0.15) is 0 Å². The topological polar surface area (TPSA) is 40.5 Å². The fourth-order valence-electron chi connectivity index (χ4n) is 2.32. The van der Waals surface area contributed by atoms with Crippen molar-refractivity contribution in [2.75, 3.05) is 13.6 Å². The highest BCUT2D eigenvalue weighted by Gasteiger charge is 2.23. The average Bonchev–Trinajstić information content (AvgIpc) is 2.43. The summed E-state index contributed by atoms with van der Waals surface area (Å²) in [7, 11) is 1.79. The molecule has 0 aliphatic heterocycles. The van der Waals surface area contributed by atoms with Crippen LogP contribution in [0.25, 0.3) is 0 Å². The molecule has 0 aromatic carbocycles. The van der Waals surface area contributed by atoms with Gasteiger partial charge in [0.05, 0.1) is 6.10 Å². The molecule has 1 fully saturated rings. The number of amides is 1. The van der Waals surface area contributed by atoms with Crippen LogP contribution < -0.4 is 0 Å². The van der Waals surface area contributed by atoms with Crippen molar-refractivity contribution in [3.05, 3.63) is 0 Å². The second kappa shape index (κ2) is 6.11. The van der Waals surface area contributed by atoms with Crippen molar-refractivity contribution in [2.45, 2.75) is 51.6 Å². The fraction of sp³-hybridized carbons (Fsp3) is 0.917. The SMILES string of the molecule is CC(O)CN(C)C(=O)C1CCCCCC1. The number of hydrogen-bond acceptors (Lipinski definition) is 2. The Labute approximate surface area is 92.5 Å². The van der Waals surface area contributed by atoms with Crippen LogP contribution in [0, 0.1) is 5.92 Å². The lowest BCUT2D eigenvalue weighted by atomic mass is 9.99. The molecule has 0 saturated heterocycles. The molecule has 1 aliphatic carbocycles. The van der Waals surface area contributed by atoms with Crippen LogP contribution in [0.1, 0.15) is 45.4 Å². The van der Waals surface area contributed by atoms with Gasteiger partial charge in [-0.1, -0.05) is 25.7 Å². The summed E-state index contributed by atoms with van der Waals surface area (Å²) in [5.41, 5.74) is 0. The van der Waals surface area contributed by atoms with Gasteiger partial charge in [-0.15, -0.1) is 0 Å². The Morgan fingerprint density at radius 2 is 1.87 bits per heavy atom. The van der Waals surface area contributed by atoms with Crippen molar-refractivity contribution in [1.82, 2.24) is 4.90 Å². The first-order chi connectivity index (χ1) is 7.11. The van der Waals surface area contributed by atoms with E-state index >= 15 is 0 Å². The highest BCUT2D eigenvalue weighted by atomic mass is 16.3. The van der Waals surface area contributed by atoms with Gasteiger partial charge in [0.2, 0.25) is 5.91 Å². The molecule has 3 nitrogen and oxygen atoms in total. The molecule has 88 valence electrons. The van der Waals surface area contributed by atoms with E-state index in [0.717, 1.165) is 12.8 Å². The van der Waals surface area contributed by atoms with Crippen LogP contribution in [0.2, 0.25) is 0 Å². The molecular weight excluding hydrogens is 190 g/mol. The number of carbonyl (C=O) groups is 1. The van der Waals surface area contributed by atoms with Crippen molar-refractivity contribution in [2.24, 2.45) is 5.92 Å². The first kappa shape index (κ1) is 12.5. The molecule has 15 heavy (non-hydrogen) atoms. The summed E-state index contributed by atoms with van der Waals surface area (Å²) in [5.74, 6) is 0.425. The predicted molar refractivity (Wildman–Crippen MR) is 60.5 cm³/mol. The molecule has 1 rings (SSSR count). The summed E-state index contributed by atoms with van der Waals surface area (Å²) in [6.45, 7) is 2.17. The number of likely N-dealkylation sites (N-methyl/N-ethyl adjacent to an activating group) is 1. The number of nitrogens with zero attached hydrogens (tertiary/aromatic N) is 1. The quantitative estimate of drug-likeness (QED) is 0.726. The lowest BCUT2D eigenvalue weighted by Gasteiger charge is -2.23. The number of aliphatic hydroxyl groups excluding tert-OH is 1. The van der Waals surface area contributed by atoms with Crippen molar-refractivity contribution in [3.8, 4) is 0 Å². The molecule has 0 aromatic heterocycles. The first-order valence-electron chi connectivity index (χ1n) is 6.04. The molecule has 1 atom stereocenters. The second-order valence-electron chi connectivity index (χ2n) is 4.76. The third-order valence-corrected chi connectivity index (χ3v) is 3.12. The molecule has 1 unspecified atom stereocenters. The predicted octanol–water partition coefficient (Wildman–Crippen LogP) is 1.80. The normalized spacial score (nSPS) is 20.7. The van der Waals surface area contributed by atoms with Gasteiger partial charge in [-0.05, 0) is 19.8 Å². The summed E-state index contributed by atoms with van der Waals surface area (Å²) in [5, 5.41) is 9.23. The van der Waals surface area contributed by atoms with E-state index in [1.165, 1.54) is 25.7 Å². The summed E-state index contributed by atoms with van der Waals surface area (Å²) in [4.78, 5) is 13.7. The maximum atomic E-state index is 12.0. The minimum Gasteiger partial charge on any atom is -0.392 e. The molecule has 0 bridgehead atoms. The second-order valence-corrected chi connectivity index (χ2v) is 4.76. The van der Waals surface area contributed by atoms with Crippen LogP contribution >= 0.6 is 0 Å². The van der Waals surface area contributed by atoms with E-state index < -0.39 is 6.10 Å². The van der Waals surface area contributed by atoms with Crippen LogP contribution in [0.4, 0.5) is 0 Å². The minimum atomic E-state index is -0.426. The fourth-order valence-corrected chi connectivity index (χ4v) is 2.32. The number of hydrogen-bond donors (Lipinski definition) is 1. The maximum Gasteiger partial charge on any atom is 0.225 e.